The van der Waals surface area contributed by atoms with E-state index < -0.39 is 0 Å². The van der Waals surface area contributed by atoms with Crippen LogP contribution in [0.1, 0.15) is 24.8 Å². The molecule has 1 amide bonds. The van der Waals surface area contributed by atoms with Crippen molar-refractivity contribution in [3.63, 3.8) is 0 Å². The maximum atomic E-state index is 12.4. The summed E-state index contributed by atoms with van der Waals surface area (Å²) in [4.78, 5) is 14.2. The number of rotatable bonds is 4. The topological polar surface area (TPSA) is 49.8 Å². The number of halogens is 1. The third-order valence-electron chi connectivity index (χ3n) is 3.74. The molecule has 4 nitrogen and oxygen atoms in total. The first kappa shape index (κ1) is 15.1. The zero-order valence-corrected chi connectivity index (χ0v) is 12.4. The van der Waals surface area contributed by atoms with Crippen LogP contribution in [0.2, 0.25) is 5.02 Å². The van der Waals surface area contributed by atoms with Gasteiger partial charge in [0.25, 0.3) is 0 Å². The number of piperidine rings is 1. The molecule has 1 aromatic rings. The van der Waals surface area contributed by atoms with Crippen molar-refractivity contribution in [3.8, 4) is 5.75 Å². The molecule has 1 aliphatic heterocycles. The van der Waals surface area contributed by atoms with Crippen molar-refractivity contribution >= 4 is 17.5 Å². The Hall–Kier alpha value is -1.26. The Labute approximate surface area is 124 Å². The van der Waals surface area contributed by atoms with Gasteiger partial charge in [-0.05, 0) is 37.5 Å². The molecule has 1 atom stereocenters. The number of benzene rings is 1. The SMILES string of the molecule is COc1ccc(Cl)cc1CC(=O)N1CCCCC1CO. The van der Waals surface area contributed by atoms with E-state index in [0.717, 1.165) is 24.8 Å². The van der Waals surface area contributed by atoms with Crippen LogP contribution in [0.4, 0.5) is 0 Å². The first-order chi connectivity index (χ1) is 9.65. The standard InChI is InChI=1S/C15H20ClNO3/c1-20-14-6-5-12(16)8-11(14)9-15(19)17-7-3-2-4-13(17)10-18/h5-6,8,13,18H,2-4,7,9-10H2,1H3. The Morgan fingerprint density at radius 1 is 1.50 bits per heavy atom. The number of carbonyl (C=O) groups excluding carboxylic acids is 1. The van der Waals surface area contributed by atoms with E-state index in [9.17, 15) is 9.90 Å². The van der Waals surface area contributed by atoms with Crippen LogP contribution in [-0.4, -0.2) is 42.2 Å². The highest BCUT2D eigenvalue weighted by molar-refractivity contribution is 6.30. The second-order valence-electron chi connectivity index (χ2n) is 5.05. The van der Waals surface area contributed by atoms with E-state index in [1.54, 1.807) is 30.2 Å². The van der Waals surface area contributed by atoms with Crippen LogP contribution in [0, 0.1) is 0 Å². The maximum Gasteiger partial charge on any atom is 0.227 e. The van der Waals surface area contributed by atoms with Crippen LogP contribution in [0.25, 0.3) is 0 Å². The number of likely N-dealkylation sites (tertiary alicyclic amines) is 1. The van der Waals surface area contributed by atoms with E-state index in [4.69, 9.17) is 16.3 Å². The van der Waals surface area contributed by atoms with Crippen molar-refractivity contribution in [1.29, 1.82) is 0 Å². The van der Waals surface area contributed by atoms with Crippen LogP contribution in [0.3, 0.4) is 0 Å². The van der Waals surface area contributed by atoms with Gasteiger partial charge in [0.1, 0.15) is 5.75 Å². The number of nitrogens with zero attached hydrogens (tertiary/aromatic N) is 1. The predicted molar refractivity (Wildman–Crippen MR) is 78.1 cm³/mol. The van der Waals surface area contributed by atoms with Crippen molar-refractivity contribution in [1.82, 2.24) is 4.90 Å². The quantitative estimate of drug-likeness (QED) is 0.927. The number of hydrogen-bond donors (Lipinski definition) is 1. The Bertz CT molecular complexity index is 478. The fourth-order valence-electron chi connectivity index (χ4n) is 2.67. The normalized spacial score (nSPS) is 18.9. The minimum absolute atomic E-state index is 0.0179. The minimum Gasteiger partial charge on any atom is -0.496 e. The third kappa shape index (κ3) is 3.44. The average molecular weight is 298 g/mol. The van der Waals surface area contributed by atoms with Gasteiger partial charge in [-0.1, -0.05) is 11.6 Å². The predicted octanol–water partition coefficient (Wildman–Crippen LogP) is 2.26. The Balaban J connectivity index is 2.12. The molecule has 1 saturated heterocycles. The number of methoxy groups -OCH3 is 1. The lowest BCUT2D eigenvalue weighted by molar-refractivity contribution is -0.135. The number of hydrogen-bond acceptors (Lipinski definition) is 3. The summed E-state index contributed by atoms with van der Waals surface area (Å²) < 4.78 is 5.26. The number of aliphatic hydroxyl groups is 1. The summed E-state index contributed by atoms with van der Waals surface area (Å²) in [5, 5.41) is 9.97. The van der Waals surface area contributed by atoms with E-state index in [2.05, 4.69) is 0 Å². The van der Waals surface area contributed by atoms with E-state index in [-0.39, 0.29) is 25.0 Å². The Kier molecular flexibility index (Phi) is 5.26. The molecule has 2 rings (SSSR count). The number of aliphatic hydroxyl groups excluding tert-OH is 1. The smallest absolute Gasteiger partial charge is 0.227 e. The first-order valence-electron chi connectivity index (χ1n) is 6.88. The molecule has 5 heteroatoms. The van der Waals surface area contributed by atoms with E-state index in [1.165, 1.54) is 0 Å². The van der Waals surface area contributed by atoms with Crippen LogP contribution < -0.4 is 4.74 Å². The van der Waals surface area contributed by atoms with Gasteiger partial charge in [-0.25, -0.2) is 0 Å². The summed E-state index contributed by atoms with van der Waals surface area (Å²) >= 11 is 5.98. The molecule has 110 valence electrons. The van der Waals surface area contributed by atoms with Crippen molar-refractivity contribution in [2.45, 2.75) is 31.7 Å². The second-order valence-corrected chi connectivity index (χ2v) is 5.49. The molecule has 20 heavy (non-hydrogen) atoms. The average Bonchev–Trinajstić information content (AvgIpc) is 2.47. The largest absolute Gasteiger partial charge is 0.496 e. The number of carbonyl (C=O) groups is 1. The van der Waals surface area contributed by atoms with Crippen LogP contribution in [-0.2, 0) is 11.2 Å². The van der Waals surface area contributed by atoms with E-state index >= 15 is 0 Å². The maximum absolute atomic E-state index is 12.4. The zero-order chi connectivity index (χ0) is 14.5. The van der Waals surface area contributed by atoms with Gasteiger partial charge in [-0.15, -0.1) is 0 Å². The molecule has 0 radical (unpaired) electrons. The Morgan fingerprint density at radius 3 is 3.00 bits per heavy atom. The lowest BCUT2D eigenvalue weighted by Gasteiger charge is -2.34. The molecule has 1 heterocycles. The zero-order valence-electron chi connectivity index (χ0n) is 11.6. The summed E-state index contributed by atoms with van der Waals surface area (Å²) in [5.41, 5.74) is 0.785. The van der Waals surface area contributed by atoms with Crippen LogP contribution >= 0.6 is 11.6 Å². The monoisotopic (exact) mass is 297 g/mol. The summed E-state index contributed by atoms with van der Waals surface area (Å²) in [6.45, 7) is 0.741. The van der Waals surface area contributed by atoms with Crippen molar-refractivity contribution in [3.05, 3.63) is 28.8 Å². The van der Waals surface area contributed by atoms with Crippen molar-refractivity contribution in [2.75, 3.05) is 20.3 Å². The molecule has 0 aromatic heterocycles. The summed E-state index contributed by atoms with van der Waals surface area (Å²) in [7, 11) is 1.58. The van der Waals surface area contributed by atoms with Gasteiger partial charge < -0.3 is 14.7 Å². The second kappa shape index (κ2) is 6.95. The van der Waals surface area contributed by atoms with Gasteiger partial charge in [0.15, 0.2) is 0 Å². The lowest BCUT2D eigenvalue weighted by Crippen LogP contribution is -2.46. The molecule has 1 aromatic carbocycles. The fourth-order valence-corrected chi connectivity index (χ4v) is 2.86. The highest BCUT2D eigenvalue weighted by Gasteiger charge is 2.26. The fraction of sp³-hybridized carbons (Fsp3) is 0.533. The molecule has 1 N–H and O–H groups in total. The molecule has 1 unspecified atom stereocenters. The molecule has 0 bridgehead atoms. The van der Waals surface area contributed by atoms with Gasteiger partial charge in [-0.3, -0.25) is 4.79 Å². The van der Waals surface area contributed by atoms with Crippen molar-refractivity contribution in [2.24, 2.45) is 0 Å². The molecule has 0 saturated carbocycles. The molecule has 1 aliphatic rings. The minimum atomic E-state index is -0.0542. The molecule has 0 spiro atoms. The van der Waals surface area contributed by atoms with Gasteiger partial charge >= 0.3 is 0 Å². The van der Waals surface area contributed by atoms with Gasteiger partial charge in [-0.2, -0.15) is 0 Å². The lowest BCUT2D eigenvalue weighted by atomic mass is 10.0. The molecular formula is C15H20ClNO3. The highest BCUT2D eigenvalue weighted by atomic mass is 35.5. The van der Waals surface area contributed by atoms with Gasteiger partial charge in [0.05, 0.1) is 26.2 Å². The van der Waals surface area contributed by atoms with E-state index in [0.29, 0.717) is 17.3 Å². The van der Waals surface area contributed by atoms with Crippen molar-refractivity contribution < 1.29 is 14.6 Å². The van der Waals surface area contributed by atoms with Gasteiger partial charge in [0.2, 0.25) is 5.91 Å². The third-order valence-corrected chi connectivity index (χ3v) is 3.98. The van der Waals surface area contributed by atoms with E-state index in [1.807, 2.05) is 0 Å². The number of ether oxygens (including phenoxy) is 1. The van der Waals surface area contributed by atoms with Gasteiger partial charge in [0, 0.05) is 17.1 Å². The molecule has 1 fully saturated rings. The molecule has 0 aliphatic carbocycles. The summed E-state index contributed by atoms with van der Waals surface area (Å²) in [5.74, 6) is 0.685. The highest BCUT2D eigenvalue weighted by Crippen LogP contribution is 2.25. The van der Waals surface area contributed by atoms with Crippen LogP contribution in [0.5, 0.6) is 5.75 Å². The summed E-state index contributed by atoms with van der Waals surface area (Å²) in [6, 6.07) is 5.22. The number of amides is 1. The Morgan fingerprint density at radius 2 is 2.30 bits per heavy atom. The van der Waals surface area contributed by atoms with Crippen LogP contribution in [0.15, 0.2) is 18.2 Å². The first-order valence-corrected chi connectivity index (χ1v) is 7.26. The summed E-state index contributed by atoms with van der Waals surface area (Å²) in [6.07, 6.45) is 3.18. The molecular weight excluding hydrogens is 278 g/mol.